The van der Waals surface area contributed by atoms with Crippen LogP contribution >= 0.6 is 15.9 Å². The number of hydrogen-bond donors (Lipinski definition) is 1. The third kappa shape index (κ3) is 3.45. The smallest absolute Gasteiger partial charge is 0.292 e. The average Bonchev–Trinajstić information content (AvgIpc) is 2.44. The predicted octanol–water partition coefficient (Wildman–Crippen LogP) is 3.37. The largest absolute Gasteiger partial charge is 0.487 e. The van der Waals surface area contributed by atoms with Crippen LogP contribution in [0.3, 0.4) is 0 Å². The van der Waals surface area contributed by atoms with Crippen molar-refractivity contribution in [2.45, 2.75) is 6.61 Å². The van der Waals surface area contributed by atoms with Gasteiger partial charge in [0.2, 0.25) is 0 Å². The number of rotatable bonds is 5. The SMILES string of the molecule is CNc1cc(COc2cncc(Br)c2)ccc1[N+](=O)[O-]. The van der Waals surface area contributed by atoms with Crippen LogP contribution < -0.4 is 10.1 Å². The van der Waals surface area contributed by atoms with Gasteiger partial charge in [0.15, 0.2) is 0 Å². The summed E-state index contributed by atoms with van der Waals surface area (Å²) < 4.78 is 6.41. The molecule has 0 atom stereocenters. The summed E-state index contributed by atoms with van der Waals surface area (Å²) >= 11 is 3.31. The van der Waals surface area contributed by atoms with E-state index in [0.29, 0.717) is 18.0 Å². The van der Waals surface area contributed by atoms with Crippen LogP contribution in [0, 0.1) is 10.1 Å². The Morgan fingerprint density at radius 3 is 2.85 bits per heavy atom. The molecule has 2 aromatic rings. The van der Waals surface area contributed by atoms with Gasteiger partial charge in [-0.25, -0.2) is 0 Å². The van der Waals surface area contributed by atoms with Gasteiger partial charge in [-0.2, -0.15) is 0 Å². The van der Waals surface area contributed by atoms with Gasteiger partial charge in [0.1, 0.15) is 18.0 Å². The quantitative estimate of drug-likeness (QED) is 0.668. The maximum Gasteiger partial charge on any atom is 0.292 e. The summed E-state index contributed by atoms with van der Waals surface area (Å²) in [6.45, 7) is 0.310. The highest BCUT2D eigenvalue weighted by atomic mass is 79.9. The fraction of sp³-hybridized carbons (Fsp3) is 0.154. The molecule has 7 heteroatoms. The first kappa shape index (κ1) is 14.3. The topological polar surface area (TPSA) is 77.3 Å². The molecule has 0 aliphatic carbocycles. The molecule has 1 aromatic heterocycles. The highest BCUT2D eigenvalue weighted by Crippen LogP contribution is 2.25. The molecule has 0 radical (unpaired) electrons. The Morgan fingerprint density at radius 1 is 1.40 bits per heavy atom. The van der Waals surface area contributed by atoms with Crippen molar-refractivity contribution in [3.05, 3.63) is 56.8 Å². The van der Waals surface area contributed by atoms with Gasteiger partial charge in [-0.3, -0.25) is 15.1 Å². The zero-order valence-corrected chi connectivity index (χ0v) is 12.3. The number of nitrogens with one attached hydrogen (secondary N) is 1. The molecule has 0 aliphatic heterocycles. The Hall–Kier alpha value is -2.15. The minimum atomic E-state index is -0.422. The highest BCUT2D eigenvalue weighted by molar-refractivity contribution is 9.10. The second-order valence-electron chi connectivity index (χ2n) is 3.99. The molecule has 0 unspecified atom stereocenters. The summed E-state index contributed by atoms with van der Waals surface area (Å²) in [4.78, 5) is 14.4. The lowest BCUT2D eigenvalue weighted by atomic mass is 10.2. The van der Waals surface area contributed by atoms with Crippen LogP contribution in [0.25, 0.3) is 0 Å². The van der Waals surface area contributed by atoms with Crippen molar-refractivity contribution in [2.75, 3.05) is 12.4 Å². The molecular formula is C13H12BrN3O3. The molecule has 2 rings (SSSR count). The van der Waals surface area contributed by atoms with E-state index >= 15 is 0 Å². The number of nitro benzene ring substituents is 1. The molecular weight excluding hydrogens is 326 g/mol. The molecule has 0 saturated heterocycles. The molecule has 0 amide bonds. The number of hydrogen-bond acceptors (Lipinski definition) is 5. The zero-order valence-electron chi connectivity index (χ0n) is 10.7. The Kier molecular flexibility index (Phi) is 4.52. The van der Waals surface area contributed by atoms with Crippen LogP contribution in [0.5, 0.6) is 5.75 Å². The maximum atomic E-state index is 10.8. The second-order valence-corrected chi connectivity index (χ2v) is 4.90. The minimum Gasteiger partial charge on any atom is -0.487 e. The Morgan fingerprint density at radius 2 is 2.20 bits per heavy atom. The number of halogens is 1. The first-order chi connectivity index (χ1) is 9.60. The van der Waals surface area contributed by atoms with Gasteiger partial charge < -0.3 is 10.1 Å². The van der Waals surface area contributed by atoms with E-state index in [1.807, 2.05) is 0 Å². The molecule has 6 nitrogen and oxygen atoms in total. The number of pyridine rings is 1. The standard InChI is InChI=1S/C13H12BrN3O3/c1-15-12-4-9(2-3-13(12)17(18)19)8-20-11-5-10(14)6-16-7-11/h2-7,15H,8H2,1H3. The Labute approximate surface area is 124 Å². The van der Waals surface area contributed by atoms with Crippen molar-refractivity contribution < 1.29 is 9.66 Å². The first-order valence-electron chi connectivity index (χ1n) is 5.78. The van der Waals surface area contributed by atoms with E-state index in [1.54, 1.807) is 37.6 Å². The van der Waals surface area contributed by atoms with E-state index in [2.05, 4.69) is 26.2 Å². The summed E-state index contributed by atoms with van der Waals surface area (Å²) in [5.41, 5.74) is 1.34. The fourth-order valence-electron chi connectivity index (χ4n) is 1.67. The van der Waals surface area contributed by atoms with Gasteiger partial charge in [0, 0.05) is 23.8 Å². The molecule has 0 bridgehead atoms. The van der Waals surface area contributed by atoms with E-state index in [4.69, 9.17) is 4.74 Å². The van der Waals surface area contributed by atoms with Gasteiger partial charge in [-0.15, -0.1) is 0 Å². The van der Waals surface area contributed by atoms with Crippen molar-refractivity contribution in [3.8, 4) is 5.75 Å². The average molecular weight is 338 g/mol. The van der Waals surface area contributed by atoms with Gasteiger partial charge >= 0.3 is 0 Å². The van der Waals surface area contributed by atoms with Crippen molar-refractivity contribution in [1.29, 1.82) is 0 Å². The Balaban J connectivity index is 2.12. The van der Waals surface area contributed by atoms with Crippen molar-refractivity contribution in [2.24, 2.45) is 0 Å². The van der Waals surface area contributed by atoms with Crippen molar-refractivity contribution in [1.82, 2.24) is 4.98 Å². The number of nitrogens with zero attached hydrogens (tertiary/aromatic N) is 2. The number of benzene rings is 1. The first-order valence-corrected chi connectivity index (χ1v) is 6.58. The summed E-state index contributed by atoms with van der Waals surface area (Å²) in [5.74, 6) is 0.628. The van der Waals surface area contributed by atoms with Gasteiger partial charge in [0.25, 0.3) is 5.69 Å². The van der Waals surface area contributed by atoms with E-state index < -0.39 is 4.92 Å². The molecule has 0 aliphatic rings. The fourth-order valence-corrected chi connectivity index (χ4v) is 2.01. The van der Waals surface area contributed by atoms with E-state index in [-0.39, 0.29) is 5.69 Å². The molecule has 1 heterocycles. The molecule has 0 saturated carbocycles. The lowest BCUT2D eigenvalue weighted by Gasteiger charge is -2.08. The predicted molar refractivity (Wildman–Crippen MR) is 78.9 cm³/mol. The van der Waals surface area contributed by atoms with Crippen LogP contribution in [0.4, 0.5) is 11.4 Å². The van der Waals surface area contributed by atoms with Crippen LogP contribution in [-0.4, -0.2) is 17.0 Å². The summed E-state index contributed by atoms with van der Waals surface area (Å²) in [5, 5.41) is 13.6. The van der Waals surface area contributed by atoms with E-state index in [1.165, 1.54) is 6.07 Å². The molecule has 0 fully saturated rings. The lowest BCUT2D eigenvalue weighted by Crippen LogP contribution is -2.00. The molecule has 1 N–H and O–H groups in total. The zero-order chi connectivity index (χ0) is 14.5. The normalized spacial score (nSPS) is 10.1. The minimum absolute atomic E-state index is 0.0420. The number of ether oxygens (including phenoxy) is 1. The van der Waals surface area contributed by atoms with Gasteiger partial charge in [-0.1, -0.05) is 0 Å². The van der Waals surface area contributed by atoms with Gasteiger partial charge in [-0.05, 0) is 39.7 Å². The third-order valence-electron chi connectivity index (χ3n) is 2.61. The van der Waals surface area contributed by atoms with Crippen molar-refractivity contribution >= 4 is 27.3 Å². The van der Waals surface area contributed by atoms with E-state index in [0.717, 1.165) is 10.0 Å². The monoisotopic (exact) mass is 337 g/mol. The number of anilines is 1. The van der Waals surface area contributed by atoms with Crippen LogP contribution in [0.15, 0.2) is 41.1 Å². The van der Waals surface area contributed by atoms with Crippen molar-refractivity contribution in [3.63, 3.8) is 0 Å². The third-order valence-corrected chi connectivity index (χ3v) is 3.05. The molecule has 104 valence electrons. The second kappa shape index (κ2) is 6.33. The highest BCUT2D eigenvalue weighted by Gasteiger charge is 2.12. The Bertz CT molecular complexity index is 634. The number of aromatic nitrogens is 1. The van der Waals surface area contributed by atoms with Gasteiger partial charge in [0.05, 0.1) is 11.1 Å². The summed E-state index contributed by atoms with van der Waals surface area (Å²) in [6, 6.07) is 6.63. The summed E-state index contributed by atoms with van der Waals surface area (Å²) in [6.07, 6.45) is 3.27. The maximum absolute atomic E-state index is 10.8. The van der Waals surface area contributed by atoms with Crippen LogP contribution in [0.1, 0.15) is 5.56 Å². The lowest BCUT2D eigenvalue weighted by molar-refractivity contribution is -0.384. The molecule has 0 spiro atoms. The van der Waals surface area contributed by atoms with E-state index in [9.17, 15) is 10.1 Å². The summed E-state index contributed by atoms with van der Waals surface area (Å²) in [7, 11) is 1.64. The number of nitro groups is 1. The molecule has 20 heavy (non-hydrogen) atoms. The van der Waals surface area contributed by atoms with Crippen LogP contribution in [0.2, 0.25) is 0 Å². The van der Waals surface area contributed by atoms with Crippen LogP contribution in [-0.2, 0) is 6.61 Å². The molecule has 1 aromatic carbocycles.